The summed E-state index contributed by atoms with van der Waals surface area (Å²) in [5.41, 5.74) is 0.288. The first-order chi connectivity index (χ1) is 13.8. The third-order valence-electron chi connectivity index (χ3n) is 4.35. The van der Waals surface area contributed by atoms with E-state index >= 15 is 0 Å². The highest BCUT2D eigenvalue weighted by Crippen LogP contribution is 2.29. The number of nitrogens with one attached hydrogen (secondary N) is 1. The summed E-state index contributed by atoms with van der Waals surface area (Å²) in [6.07, 6.45) is -2.76. The fraction of sp³-hybridized carbons (Fsp3) is 0.364. The van der Waals surface area contributed by atoms with Gasteiger partial charge in [0.15, 0.2) is 0 Å². The van der Waals surface area contributed by atoms with Crippen LogP contribution in [0.25, 0.3) is 0 Å². The molecular weight excluding hydrogens is 417 g/mol. The Morgan fingerprint density at radius 3 is 2.13 bits per heavy atom. The van der Waals surface area contributed by atoms with Gasteiger partial charge in [-0.3, -0.25) is 9.59 Å². The summed E-state index contributed by atoms with van der Waals surface area (Å²) < 4.78 is 38.4. The number of rotatable bonds is 8. The quantitative estimate of drug-likeness (QED) is 0.601. The molecular formula is C22H26ClF3N2O2. The van der Waals surface area contributed by atoms with Crippen molar-refractivity contribution in [2.24, 2.45) is 0 Å². The molecule has 0 atom stereocenters. The molecule has 0 saturated carbocycles. The second kappa shape index (κ2) is 11.6. The van der Waals surface area contributed by atoms with E-state index in [0.29, 0.717) is 24.2 Å². The van der Waals surface area contributed by atoms with Crippen LogP contribution in [0.15, 0.2) is 48.5 Å². The number of benzene rings is 2. The lowest BCUT2D eigenvalue weighted by Gasteiger charge is -2.21. The molecule has 0 fully saturated rings. The van der Waals surface area contributed by atoms with Crippen LogP contribution in [0.2, 0.25) is 0 Å². The van der Waals surface area contributed by atoms with Gasteiger partial charge in [-0.25, -0.2) is 0 Å². The zero-order chi connectivity index (χ0) is 21.4. The van der Waals surface area contributed by atoms with E-state index < -0.39 is 17.6 Å². The summed E-state index contributed by atoms with van der Waals surface area (Å²) in [5, 5.41) is 2.61. The van der Waals surface area contributed by atoms with Crippen LogP contribution in [0.5, 0.6) is 0 Å². The van der Waals surface area contributed by atoms with Gasteiger partial charge in [0.25, 0.3) is 11.8 Å². The van der Waals surface area contributed by atoms with Crippen LogP contribution < -0.4 is 5.32 Å². The van der Waals surface area contributed by atoms with Crippen molar-refractivity contribution in [1.82, 2.24) is 10.2 Å². The molecule has 2 aromatic rings. The Bertz CT molecular complexity index is 850. The van der Waals surface area contributed by atoms with Crippen LogP contribution in [0.1, 0.15) is 58.5 Å². The van der Waals surface area contributed by atoms with E-state index in [2.05, 4.69) is 5.32 Å². The molecule has 2 rings (SSSR count). The summed E-state index contributed by atoms with van der Waals surface area (Å²) in [6, 6.07) is 11.2. The Morgan fingerprint density at radius 1 is 0.933 bits per heavy atom. The molecule has 30 heavy (non-hydrogen) atoms. The largest absolute Gasteiger partial charge is 0.416 e. The van der Waals surface area contributed by atoms with E-state index in [0.717, 1.165) is 25.0 Å². The molecule has 0 saturated heterocycles. The van der Waals surface area contributed by atoms with Gasteiger partial charge in [-0.15, -0.1) is 12.4 Å². The van der Waals surface area contributed by atoms with Crippen LogP contribution in [0, 0.1) is 0 Å². The Labute approximate surface area is 180 Å². The number of halogens is 4. The first-order valence-corrected chi connectivity index (χ1v) is 9.60. The molecule has 0 bridgehead atoms. The number of amides is 2. The maximum Gasteiger partial charge on any atom is 0.416 e. The van der Waals surface area contributed by atoms with E-state index in [1.54, 1.807) is 23.1 Å². The van der Waals surface area contributed by atoms with E-state index in [1.165, 1.54) is 18.2 Å². The van der Waals surface area contributed by atoms with E-state index in [1.807, 2.05) is 13.8 Å². The van der Waals surface area contributed by atoms with Gasteiger partial charge in [0.05, 0.1) is 5.56 Å². The molecule has 0 aliphatic rings. The SMILES string of the molecule is CCCN(CCC)C(=O)c1cccc(C(=O)NCc2cccc(C(F)(F)F)c2)c1.Cl. The van der Waals surface area contributed by atoms with Crippen molar-refractivity contribution in [1.29, 1.82) is 0 Å². The van der Waals surface area contributed by atoms with Gasteiger partial charge >= 0.3 is 6.18 Å². The average Bonchev–Trinajstić information content (AvgIpc) is 2.71. The van der Waals surface area contributed by atoms with Crippen molar-refractivity contribution >= 4 is 24.2 Å². The summed E-state index contributed by atoms with van der Waals surface area (Å²) in [4.78, 5) is 26.9. The van der Waals surface area contributed by atoms with E-state index in [9.17, 15) is 22.8 Å². The highest BCUT2D eigenvalue weighted by Gasteiger charge is 2.30. The van der Waals surface area contributed by atoms with Crippen molar-refractivity contribution in [2.45, 2.75) is 39.4 Å². The summed E-state index contributed by atoms with van der Waals surface area (Å²) in [7, 11) is 0. The number of carbonyl (C=O) groups is 2. The maximum atomic E-state index is 12.8. The minimum atomic E-state index is -4.43. The van der Waals surface area contributed by atoms with Crippen LogP contribution >= 0.6 is 12.4 Å². The molecule has 0 unspecified atom stereocenters. The van der Waals surface area contributed by atoms with Crippen LogP contribution in [0.3, 0.4) is 0 Å². The average molecular weight is 443 g/mol. The molecule has 0 aliphatic carbocycles. The smallest absolute Gasteiger partial charge is 0.348 e. The highest BCUT2D eigenvalue weighted by atomic mass is 35.5. The van der Waals surface area contributed by atoms with Gasteiger partial charge in [0.1, 0.15) is 0 Å². The van der Waals surface area contributed by atoms with Gasteiger partial charge in [-0.1, -0.05) is 32.0 Å². The predicted octanol–water partition coefficient (Wildman–Crippen LogP) is 5.32. The third kappa shape index (κ3) is 7.06. The molecule has 1 N–H and O–H groups in total. The van der Waals surface area contributed by atoms with Gasteiger partial charge in [0.2, 0.25) is 0 Å². The Balaban J connectivity index is 0.00000450. The van der Waals surface area contributed by atoms with Crippen molar-refractivity contribution in [2.75, 3.05) is 13.1 Å². The number of hydrogen-bond donors (Lipinski definition) is 1. The van der Waals surface area contributed by atoms with Crippen LogP contribution in [0.4, 0.5) is 13.2 Å². The molecule has 2 aromatic carbocycles. The minimum absolute atomic E-state index is 0. The van der Waals surface area contributed by atoms with Gasteiger partial charge in [0, 0.05) is 30.8 Å². The van der Waals surface area contributed by atoms with Crippen LogP contribution in [-0.4, -0.2) is 29.8 Å². The predicted molar refractivity (Wildman–Crippen MR) is 113 cm³/mol. The molecule has 164 valence electrons. The van der Waals surface area contributed by atoms with E-state index in [4.69, 9.17) is 0 Å². The van der Waals surface area contributed by atoms with Gasteiger partial charge < -0.3 is 10.2 Å². The fourth-order valence-electron chi connectivity index (χ4n) is 2.97. The first kappa shape index (κ1) is 25.5. The number of nitrogens with zero attached hydrogens (tertiary/aromatic N) is 1. The van der Waals surface area contributed by atoms with Crippen molar-refractivity contribution in [3.8, 4) is 0 Å². The molecule has 0 heterocycles. The van der Waals surface area contributed by atoms with Gasteiger partial charge in [-0.2, -0.15) is 13.2 Å². The standard InChI is InChI=1S/C22H25F3N2O2.ClH/c1-3-11-27(12-4-2)21(29)18-9-6-8-17(14-18)20(28)26-15-16-7-5-10-19(13-16)22(23,24)25;/h5-10,13-14H,3-4,11-12,15H2,1-2H3,(H,26,28);1H. The third-order valence-corrected chi connectivity index (χ3v) is 4.35. The Morgan fingerprint density at radius 2 is 1.53 bits per heavy atom. The summed E-state index contributed by atoms with van der Waals surface area (Å²) in [6.45, 7) is 5.22. The zero-order valence-corrected chi connectivity index (χ0v) is 17.8. The molecule has 0 radical (unpaired) electrons. The molecule has 0 aromatic heterocycles. The summed E-state index contributed by atoms with van der Waals surface area (Å²) >= 11 is 0. The summed E-state index contributed by atoms with van der Waals surface area (Å²) in [5.74, 6) is -0.587. The highest BCUT2D eigenvalue weighted by molar-refractivity contribution is 5.99. The zero-order valence-electron chi connectivity index (χ0n) is 17.0. The van der Waals surface area contributed by atoms with Crippen molar-refractivity contribution in [3.05, 3.63) is 70.8 Å². The lowest BCUT2D eigenvalue weighted by molar-refractivity contribution is -0.137. The molecule has 0 spiro atoms. The minimum Gasteiger partial charge on any atom is -0.348 e. The second-order valence-corrected chi connectivity index (χ2v) is 6.75. The number of alkyl halides is 3. The first-order valence-electron chi connectivity index (χ1n) is 9.60. The lowest BCUT2D eigenvalue weighted by atomic mass is 10.1. The van der Waals surface area contributed by atoms with Crippen molar-refractivity contribution < 1.29 is 22.8 Å². The monoisotopic (exact) mass is 442 g/mol. The maximum absolute atomic E-state index is 12.8. The molecule has 0 aliphatic heterocycles. The number of hydrogen-bond acceptors (Lipinski definition) is 2. The van der Waals surface area contributed by atoms with E-state index in [-0.39, 0.29) is 30.4 Å². The van der Waals surface area contributed by atoms with Crippen molar-refractivity contribution in [3.63, 3.8) is 0 Å². The fourth-order valence-corrected chi connectivity index (χ4v) is 2.97. The molecule has 2 amide bonds. The molecule has 4 nitrogen and oxygen atoms in total. The number of carbonyl (C=O) groups excluding carboxylic acids is 2. The lowest BCUT2D eigenvalue weighted by Crippen LogP contribution is -2.32. The second-order valence-electron chi connectivity index (χ2n) is 6.75. The molecule has 8 heteroatoms. The topological polar surface area (TPSA) is 49.4 Å². The normalized spacial score (nSPS) is 10.8. The van der Waals surface area contributed by atoms with Crippen LogP contribution in [-0.2, 0) is 12.7 Å². The van der Waals surface area contributed by atoms with Gasteiger partial charge in [-0.05, 0) is 48.7 Å². The Kier molecular flexibility index (Phi) is 9.85. The Hall–Kier alpha value is -2.54.